The third-order valence-electron chi connectivity index (χ3n) is 4.62. The summed E-state index contributed by atoms with van der Waals surface area (Å²) in [6.07, 6.45) is 1.95. The molecule has 2 heterocycles. The maximum atomic E-state index is 14.2. The van der Waals surface area contributed by atoms with Gasteiger partial charge in [0.1, 0.15) is 11.6 Å². The average Bonchev–Trinajstić information content (AvgIpc) is 3.35. The molecule has 30 heavy (non-hydrogen) atoms. The van der Waals surface area contributed by atoms with Crippen LogP contribution in [0.5, 0.6) is 0 Å². The van der Waals surface area contributed by atoms with Crippen LogP contribution in [-0.4, -0.2) is 31.4 Å². The summed E-state index contributed by atoms with van der Waals surface area (Å²) in [5.74, 6) is -0.367. The predicted octanol–water partition coefficient (Wildman–Crippen LogP) is 4.90. The third-order valence-corrected chi connectivity index (χ3v) is 6.50. The highest BCUT2D eigenvalue weighted by molar-refractivity contribution is 7.99. The zero-order valence-electron chi connectivity index (χ0n) is 15.5. The van der Waals surface area contributed by atoms with Crippen LogP contribution in [0, 0.1) is 11.6 Å². The summed E-state index contributed by atoms with van der Waals surface area (Å²) in [5, 5.41) is 12.1. The quantitative estimate of drug-likeness (QED) is 0.429. The standard InChI is InChI=1S/C20H15F2N5OS2/c21-11-5-8-15-16(9-11)30-19(23-15)24-17(28)10-29-20-26-25-18(27(20)12-6-7-12)13-3-1-2-4-14(13)22/h1-5,8-9,12H,6-7,10H2,(H,23,24,28). The Kier molecular flexibility index (Phi) is 4.95. The van der Waals surface area contributed by atoms with Crippen LogP contribution in [0.2, 0.25) is 0 Å². The van der Waals surface area contributed by atoms with Crippen molar-refractivity contribution in [1.82, 2.24) is 19.7 Å². The second-order valence-corrected chi connectivity index (χ2v) is 8.83. The Hall–Kier alpha value is -2.85. The van der Waals surface area contributed by atoms with Crippen molar-refractivity contribution in [3.8, 4) is 11.4 Å². The number of hydrogen-bond acceptors (Lipinski definition) is 6. The predicted molar refractivity (Wildman–Crippen MR) is 113 cm³/mol. The first-order valence-corrected chi connectivity index (χ1v) is 11.1. The minimum absolute atomic E-state index is 0.104. The third kappa shape index (κ3) is 3.80. The maximum Gasteiger partial charge on any atom is 0.236 e. The smallest absolute Gasteiger partial charge is 0.236 e. The van der Waals surface area contributed by atoms with Gasteiger partial charge in [-0.3, -0.25) is 9.36 Å². The van der Waals surface area contributed by atoms with Gasteiger partial charge in [0.2, 0.25) is 5.91 Å². The molecule has 0 bridgehead atoms. The van der Waals surface area contributed by atoms with Crippen LogP contribution in [0.4, 0.5) is 13.9 Å². The highest BCUT2D eigenvalue weighted by Gasteiger charge is 2.31. The van der Waals surface area contributed by atoms with E-state index in [-0.39, 0.29) is 29.3 Å². The molecular formula is C20H15F2N5OS2. The van der Waals surface area contributed by atoms with E-state index in [1.165, 1.54) is 41.3 Å². The van der Waals surface area contributed by atoms with E-state index in [1.54, 1.807) is 24.3 Å². The number of benzene rings is 2. The van der Waals surface area contributed by atoms with Crippen molar-refractivity contribution >= 4 is 44.4 Å². The number of amides is 1. The van der Waals surface area contributed by atoms with Crippen molar-refractivity contribution < 1.29 is 13.6 Å². The van der Waals surface area contributed by atoms with Gasteiger partial charge in [-0.25, -0.2) is 13.8 Å². The molecule has 1 amide bonds. The Bertz CT molecular complexity index is 1250. The van der Waals surface area contributed by atoms with Gasteiger partial charge in [-0.1, -0.05) is 35.2 Å². The van der Waals surface area contributed by atoms with Crippen LogP contribution in [-0.2, 0) is 4.79 Å². The summed E-state index contributed by atoms with van der Waals surface area (Å²) >= 11 is 2.46. The van der Waals surface area contributed by atoms with Gasteiger partial charge in [0.05, 0.1) is 21.5 Å². The number of rotatable bonds is 6. The van der Waals surface area contributed by atoms with Crippen molar-refractivity contribution in [2.24, 2.45) is 0 Å². The van der Waals surface area contributed by atoms with Crippen LogP contribution in [0.15, 0.2) is 47.6 Å². The summed E-state index contributed by atoms with van der Waals surface area (Å²) < 4.78 is 30.1. The Morgan fingerprint density at radius 3 is 2.83 bits per heavy atom. The number of halogens is 2. The molecule has 2 aromatic heterocycles. The molecule has 6 nitrogen and oxygen atoms in total. The van der Waals surface area contributed by atoms with E-state index < -0.39 is 0 Å². The molecule has 1 saturated carbocycles. The molecule has 4 aromatic rings. The Balaban J connectivity index is 1.31. The fourth-order valence-electron chi connectivity index (χ4n) is 3.10. The SMILES string of the molecule is O=C(CSc1nnc(-c2ccccc2F)n1C1CC1)Nc1nc2ccc(F)cc2s1. The van der Waals surface area contributed by atoms with Crippen LogP contribution in [0.25, 0.3) is 21.6 Å². The first-order valence-electron chi connectivity index (χ1n) is 9.27. The molecule has 152 valence electrons. The largest absolute Gasteiger partial charge is 0.301 e. The van der Waals surface area contributed by atoms with Crippen molar-refractivity contribution in [1.29, 1.82) is 0 Å². The number of thioether (sulfide) groups is 1. The minimum atomic E-state index is -0.353. The molecule has 1 fully saturated rings. The van der Waals surface area contributed by atoms with Crippen LogP contribution in [0.1, 0.15) is 18.9 Å². The summed E-state index contributed by atoms with van der Waals surface area (Å²) in [6, 6.07) is 11.0. The molecule has 0 radical (unpaired) electrons. The van der Waals surface area contributed by atoms with Crippen LogP contribution >= 0.6 is 23.1 Å². The van der Waals surface area contributed by atoms with E-state index >= 15 is 0 Å². The van der Waals surface area contributed by atoms with Crippen molar-refractivity contribution in [3.63, 3.8) is 0 Å². The van der Waals surface area contributed by atoms with Gasteiger partial charge in [-0.05, 0) is 43.2 Å². The van der Waals surface area contributed by atoms with E-state index in [0.29, 0.717) is 31.9 Å². The number of thiazole rings is 1. The van der Waals surface area contributed by atoms with E-state index in [0.717, 1.165) is 12.8 Å². The number of carbonyl (C=O) groups excluding carboxylic acids is 1. The zero-order valence-corrected chi connectivity index (χ0v) is 17.1. The normalized spacial score (nSPS) is 13.7. The lowest BCUT2D eigenvalue weighted by Gasteiger charge is -2.09. The van der Waals surface area contributed by atoms with Crippen molar-refractivity contribution in [2.45, 2.75) is 24.0 Å². The van der Waals surface area contributed by atoms with E-state index in [4.69, 9.17) is 0 Å². The van der Waals surface area contributed by atoms with Gasteiger partial charge in [0.25, 0.3) is 0 Å². The topological polar surface area (TPSA) is 72.7 Å². The molecule has 5 rings (SSSR count). The van der Waals surface area contributed by atoms with Gasteiger partial charge in [0, 0.05) is 6.04 Å². The molecule has 1 aliphatic carbocycles. The lowest BCUT2D eigenvalue weighted by atomic mass is 10.2. The zero-order chi connectivity index (χ0) is 20.7. The number of anilines is 1. The lowest BCUT2D eigenvalue weighted by Crippen LogP contribution is -2.14. The van der Waals surface area contributed by atoms with Gasteiger partial charge in [-0.2, -0.15) is 0 Å². The number of aromatic nitrogens is 4. The minimum Gasteiger partial charge on any atom is -0.301 e. The Morgan fingerprint density at radius 1 is 1.20 bits per heavy atom. The molecule has 1 N–H and O–H groups in total. The van der Waals surface area contributed by atoms with E-state index in [2.05, 4.69) is 20.5 Å². The first kappa shape index (κ1) is 19.1. The monoisotopic (exact) mass is 443 g/mol. The second kappa shape index (κ2) is 7.77. The highest BCUT2D eigenvalue weighted by Crippen LogP contribution is 2.41. The molecule has 0 aliphatic heterocycles. The van der Waals surface area contributed by atoms with Crippen LogP contribution in [0.3, 0.4) is 0 Å². The Labute approximate surface area is 178 Å². The fraction of sp³-hybridized carbons (Fsp3) is 0.200. The molecule has 0 saturated heterocycles. The lowest BCUT2D eigenvalue weighted by molar-refractivity contribution is -0.113. The Morgan fingerprint density at radius 2 is 2.03 bits per heavy atom. The van der Waals surface area contributed by atoms with Gasteiger partial charge in [-0.15, -0.1) is 10.2 Å². The summed E-state index contributed by atoms with van der Waals surface area (Å²) in [5.41, 5.74) is 1.03. The van der Waals surface area contributed by atoms with Gasteiger partial charge >= 0.3 is 0 Å². The summed E-state index contributed by atoms with van der Waals surface area (Å²) in [6.45, 7) is 0. The van der Waals surface area contributed by atoms with E-state index in [1.807, 2.05) is 4.57 Å². The average molecular weight is 444 g/mol. The maximum absolute atomic E-state index is 14.2. The van der Waals surface area contributed by atoms with Crippen LogP contribution < -0.4 is 5.32 Å². The molecule has 0 unspecified atom stereocenters. The number of carbonyl (C=O) groups is 1. The molecule has 10 heteroatoms. The summed E-state index contributed by atoms with van der Waals surface area (Å²) in [4.78, 5) is 16.7. The number of nitrogens with zero attached hydrogens (tertiary/aromatic N) is 4. The number of nitrogens with one attached hydrogen (secondary N) is 1. The first-order chi connectivity index (χ1) is 14.6. The second-order valence-electron chi connectivity index (χ2n) is 6.86. The van der Waals surface area contributed by atoms with E-state index in [9.17, 15) is 13.6 Å². The fourth-order valence-corrected chi connectivity index (χ4v) is 4.81. The number of fused-ring (bicyclic) bond motifs is 1. The van der Waals surface area contributed by atoms with Crippen molar-refractivity contribution in [3.05, 3.63) is 54.1 Å². The van der Waals surface area contributed by atoms with Gasteiger partial charge < -0.3 is 5.32 Å². The van der Waals surface area contributed by atoms with Crippen molar-refractivity contribution in [2.75, 3.05) is 11.1 Å². The summed E-state index contributed by atoms with van der Waals surface area (Å²) in [7, 11) is 0. The molecule has 1 aliphatic rings. The molecule has 0 spiro atoms. The molecule has 2 aromatic carbocycles. The molecular weight excluding hydrogens is 428 g/mol. The molecule has 0 atom stereocenters. The highest BCUT2D eigenvalue weighted by atomic mass is 32.2. The number of hydrogen-bond donors (Lipinski definition) is 1. The van der Waals surface area contributed by atoms with Gasteiger partial charge in [0.15, 0.2) is 16.1 Å².